The summed E-state index contributed by atoms with van der Waals surface area (Å²) in [4.78, 5) is 8.02. The number of rotatable bonds is 2. The van der Waals surface area contributed by atoms with Gasteiger partial charge in [-0.2, -0.15) is 10.1 Å². The third kappa shape index (κ3) is 2.22. The minimum absolute atomic E-state index is 0.254. The molecule has 0 saturated carbocycles. The summed E-state index contributed by atoms with van der Waals surface area (Å²) >= 11 is 0. The van der Waals surface area contributed by atoms with Crippen molar-refractivity contribution in [3.63, 3.8) is 0 Å². The number of anilines is 3. The van der Waals surface area contributed by atoms with Crippen LogP contribution in [0.3, 0.4) is 0 Å². The van der Waals surface area contributed by atoms with Crippen LogP contribution >= 0.6 is 0 Å². The molecule has 0 amide bonds. The Hall–Kier alpha value is -2.11. The molecule has 2 aromatic rings. The van der Waals surface area contributed by atoms with Gasteiger partial charge in [0.1, 0.15) is 5.82 Å². The average Bonchev–Trinajstić information content (AvgIpc) is 2.49. The fourth-order valence-electron chi connectivity index (χ4n) is 1.27. The van der Waals surface area contributed by atoms with Gasteiger partial charge in [-0.15, -0.1) is 0 Å². The van der Waals surface area contributed by atoms with Crippen molar-refractivity contribution in [2.24, 2.45) is 0 Å². The quantitative estimate of drug-likeness (QED) is 0.682. The highest BCUT2D eigenvalue weighted by Gasteiger charge is 2.01. The normalized spacial score (nSPS) is 10.3. The summed E-state index contributed by atoms with van der Waals surface area (Å²) in [6.45, 7) is 3.79. The fourth-order valence-corrected chi connectivity index (χ4v) is 1.27. The van der Waals surface area contributed by atoms with Gasteiger partial charge in [-0.1, -0.05) is 0 Å². The van der Waals surface area contributed by atoms with E-state index >= 15 is 0 Å². The zero-order valence-electron chi connectivity index (χ0n) is 8.57. The van der Waals surface area contributed by atoms with Crippen LogP contribution < -0.4 is 11.1 Å². The first kappa shape index (κ1) is 9.45. The standard InChI is InChI=1S/C9H12N6/c1-5-3-7(13-9(10)11-5)12-8-4-6(2)14-15-8/h3-4H,1-2H3,(H4,10,11,12,13,14,15). The molecule has 0 radical (unpaired) electrons. The highest BCUT2D eigenvalue weighted by atomic mass is 15.2. The maximum absolute atomic E-state index is 5.53. The number of H-pyrrole nitrogens is 1. The van der Waals surface area contributed by atoms with E-state index in [1.165, 1.54) is 0 Å². The second-order valence-corrected chi connectivity index (χ2v) is 3.31. The highest BCUT2D eigenvalue weighted by molar-refractivity contribution is 5.53. The number of nitrogen functional groups attached to an aromatic ring is 1. The van der Waals surface area contributed by atoms with Crippen molar-refractivity contribution in [3.8, 4) is 0 Å². The Morgan fingerprint density at radius 3 is 2.60 bits per heavy atom. The Morgan fingerprint density at radius 2 is 2.00 bits per heavy atom. The van der Waals surface area contributed by atoms with Gasteiger partial charge in [0.2, 0.25) is 5.95 Å². The van der Waals surface area contributed by atoms with E-state index in [1.807, 2.05) is 19.9 Å². The molecule has 2 heterocycles. The number of nitrogens with one attached hydrogen (secondary N) is 2. The number of aryl methyl sites for hydroxylation is 2. The molecule has 78 valence electrons. The first-order chi connectivity index (χ1) is 7.13. The zero-order valence-corrected chi connectivity index (χ0v) is 8.57. The summed E-state index contributed by atoms with van der Waals surface area (Å²) in [5.74, 6) is 1.61. The van der Waals surface area contributed by atoms with Crippen LogP contribution in [0.15, 0.2) is 12.1 Å². The molecule has 0 saturated heterocycles. The van der Waals surface area contributed by atoms with Gasteiger partial charge in [0.25, 0.3) is 0 Å². The lowest BCUT2D eigenvalue weighted by Crippen LogP contribution is -2.01. The largest absolute Gasteiger partial charge is 0.368 e. The van der Waals surface area contributed by atoms with E-state index in [0.717, 1.165) is 11.4 Å². The van der Waals surface area contributed by atoms with Gasteiger partial charge in [-0.25, -0.2) is 4.98 Å². The molecule has 15 heavy (non-hydrogen) atoms. The molecule has 4 N–H and O–H groups in total. The van der Waals surface area contributed by atoms with Gasteiger partial charge in [0.05, 0.1) is 0 Å². The van der Waals surface area contributed by atoms with E-state index < -0.39 is 0 Å². The Balaban J connectivity index is 2.24. The third-order valence-corrected chi connectivity index (χ3v) is 1.83. The van der Waals surface area contributed by atoms with Crippen molar-refractivity contribution in [2.75, 3.05) is 11.1 Å². The lowest BCUT2D eigenvalue weighted by Gasteiger charge is -2.03. The maximum Gasteiger partial charge on any atom is 0.222 e. The number of aromatic nitrogens is 4. The van der Waals surface area contributed by atoms with Crippen LogP contribution in [0.1, 0.15) is 11.4 Å². The Bertz CT molecular complexity index is 455. The summed E-state index contributed by atoms with van der Waals surface area (Å²) in [6, 6.07) is 3.69. The second-order valence-electron chi connectivity index (χ2n) is 3.31. The molecule has 0 fully saturated rings. The molecule has 6 nitrogen and oxygen atoms in total. The number of aromatic amines is 1. The van der Waals surface area contributed by atoms with E-state index in [9.17, 15) is 0 Å². The lowest BCUT2D eigenvalue weighted by molar-refractivity contribution is 1.04. The molecule has 0 aliphatic carbocycles. The minimum Gasteiger partial charge on any atom is -0.368 e. The van der Waals surface area contributed by atoms with Crippen LogP contribution in [-0.2, 0) is 0 Å². The lowest BCUT2D eigenvalue weighted by atomic mass is 10.4. The maximum atomic E-state index is 5.53. The van der Waals surface area contributed by atoms with E-state index in [-0.39, 0.29) is 5.95 Å². The number of hydrogen-bond acceptors (Lipinski definition) is 5. The summed E-state index contributed by atoms with van der Waals surface area (Å²) in [5, 5.41) is 9.90. The molecular formula is C9H12N6. The van der Waals surface area contributed by atoms with Gasteiger partial charge < -0.3 is 11.1 Å². The molecular weight excluding hydrogens is 192 g/mol. The molecule has 0 aliphatic heterocycles. The molecule has 0 atom stereocenters. The van der Waals surface area contributed by atoms with Gasteiger partial charge in [0.15, 0.2) is 5.82 Å². The van der Waals surface area contributed by atoms with Crippen LogP contribution in [-0.4, -0.2) is 20.2 Å². The molecule has 0 aromatic carbocycles. The predicted octanol–water partition coefficient (Wildman–Crippen LogP) is 1.14. The smallest absolute Gasteiger partial charge is 0.222 e. The van der Waals surface area contributed by atoms with Crippen molar-refractivity contribution in [1.29, 1.82) is 0 Å². The van der Waals surface area contributed by atoms with Gasteiger partial charge >= 0.3 is 0 Å². The van der Waals surface area contributed by atoms with E-state index in [4.69, 9.17) is 5.73 Å². The molecule has 0 aliphatic rings. The molecule has 0 bridgehead atoms. The first-order valence-corrected chi connectivity index (χ1v) is 4.54. The topological polar surface area (TPSA) is 92.5 Å². The molecule has 6 heteroatoms. The van der Waals surface area contributed by atoms with Crippen molar-refractivity contribution in [2.45, 2.75) is 13.8 Å². The van der Waals surface area contributed by atoms with Gasteiger partial charge in [-0.05, 0) is 13.8 Å². The summed E-state index contributed by atoms with van der Waals surface area (Å²) < 4.78 is 0. The first-order valence-electron chi connectivity index (χ1n) is 4.54. The summed E-state index contributed by atoms with van der Waals surface area (Å²) in [5.41, 5.74) is 7.33. The van der Waals surface area contributed by atoms with Crippen molar-refractivity contribution >= 4 is 17.6 Å². The third-order valence-electron chi connectivity index (χ3n) is 1.83. The van der Waals surface area contributed by atoms with Gasteiger partial charge in [-0.3, -0.25) is 5.10 Å². The predicted molar refractivity (Wildman–Crippen MR) is 57.8 cm³/mol. The average molecular weight is 204 g/mol. The van der Waals surface area contributed by atoms with Crippen molar-refractivity contribution < 1.29 is 0 Å². The second kappa shape index (κ2) is 3.56. The monoisotopic (exact) mass is 204 g/mol. The zero-order chi connectivity index (χ0) is 10.8. The Labute approximate surface area is 86.9 Å². The molecule has 0 unspecified atom stereocenters. The Kier molecular flexibility index (Phi) is 2.24. The molecule has 0 spiro atoms. The van der Waals surface area contributed by atoms with Crippen LogP contribution in [0.2, 0.25) is 0 Å². The van der Waals surface area contributed by atoms with E-state index in [1.54, 1.807) is 6.07 Å². The number of nitrogens with zero attached hydrogens (tertiary/aromatic N) is 3. The molecule has 2 rings (SSSR count). The van der Waals surface area contributed by atoms with Crippen LogP contribution in [0.5, 0.6) is 0 Å². The van der Waals surface area contributed by atoms with Gasteiger partial charge in [0, 0.05) is 23.5 Å². The van der Waals surface area contributed by atoms with Crippen molar-refractivity contribution in [3.05, 3.63) is 23.5 Å². The van der Waals surface area contributed by atoms with Crippen LogP contribution in [0.25, 0.3) is 0 Å². The Morgan fingerprint density at radius 1 is 1.20 bits per heavy atom. The number of nitrogens with two attached hydrogens (primary N) is 1. The van der Waals surface area contributed by atoms with Crippen LogP contribution in [0.4, 0.5) is 17.6 Å². The SMILES string of the molecule is Cc1cc(Nc2cc(C)[nH]n2)nc(N)n1. The number of hydrogen-bond donors (Lipinski definition) is 3. The summed E-state index contributed by atoms with van der Waals surface area (Å²) in [6.07, 6.45) is 0. The summed E-state index contributed by atoms with van der Waals surface area (Å²) in [7, 11) is 0. The van der Waals surface area contributed by atoms with Crippen molar-refractivity contribution in [1.82, 2.24) is 20.2 Å². The highest BCUT2D eigenvalue weighted by Crippen LogP contribution is 2.13. The fraction of sp³-hybridized carbons (Fsp3) is 0.222. The minimum atomic E-state index is 0.254. The molecule has 2 aromatic heterocycles. The van der Waals surface area contributed by atoms with E-state index in [0.29, 0.717) is 11.6 Å². The van der Waals surface area contributed by atoms with E-state index in [2.05, 4.69) is 25.5 Å². The van der Waals surface area contributed by atoms with Crippen LogP contribution in [0, 0.1) is 13.8 Å².